The van der Waals surface area contributed by atoms with Crippen LogP contribution in [0, 0.1) is 11.8 Å². The van der Waals surface area contributed by atoms with Gasteiger partial charge in [0.1, 0.15) is 17.1 Å². The predicted molar refractivity (Wildman–Crippen MR) is 117 cm³/mol. The van der Waals surface area contributed by atoms with E-state index in [1.807, 2.05) is 24.0 Å². The van der Waals surface area contributed by atoms with Crippen LogP contribution in [-0.2, 0) is 12.6 Å². The number of carbonyl (C=O) groups is 1. The maximum atomic E-state index is 13.5. The molecule has 8 heteroatoms. The number of halogens is 3. The molecule has 1 aliphatic heterocycles. The number of hydrogen-bond donors (Lipinski definition) is 0. The van der Waals surface area contributed by atoms with E-state index in [0.717, 1.165) is 5.69 Å². The fraction of sp³-hybridized carbons (Fsp3) is 0.440. The topological polar surface area (TPSA) is 46.8 Å². The first-order valence-corrected chi connectivity index (χ1v) is 11.3. The van der Waals surface area contributed by atoms with Gasteiger partial charge in [0.2, 0.25) is 0 Å². The Balaban J connectivity index is 1.37. The fourth-order valence-electron chi connectivity index (χ4n) is 5.65. The standard InChI is InChI=1S/C25H26F3N3O2/c1-3-21-23(31-14-18(33-2)8-9-22(31)29-21)24(32)30-12-16-10-15(11-17(16)13-30)19-6-4-5-7-20(19)25(26,27)28/h4-9,14-17H,3,10-13H2,1-2H3/t15?,16-,17+. The molecule has 2 aliphatic rings. The Morgan fingerprint density at radius 3 is 2.45 bits per heavy atom. The van der Waals surface area contributed by atoms with Crippen molar-refractivity contribution in [2.75, 3.05) is 20.2 Å². The number of aryl methyl sites for hydroxylation is 1. The van der Waals surface area contributed by atoms with Gasteiger partial charge in [-0.3, -0.25) is 9.20 Å². The van der Waals surface area contributed by atoms with Crippen LogP contribution in [-0.4, -0.2) is 40.4 Å². The number of pyridine rings is 1. The number of rotatable bonds is 4. The van der Waals surface area contributed by atoms with E-state index in [1.54, 1.807) is 29.8 Å². The Kier molecular flexibility index (Phi) is 5.34. The largest absolute Gasteiger partial charge is 0.495 e. The van der Waals surface area contributed by atoms with E-state index in [2.05, 4.69) is 4.98 Å². The van der Waals surface area contributed by atoms with Crippen LogP contribution in [0.1, 0.15) is 53.0 Å². The van der Waals surface area contributed by atoms with E-state index in [9.17, 15) is 18.0 Å². The van der Waals surface area contributed by atoms with Crippen molar-refractivity contribution in [3.8, 4) is 5.75 Å². The number of ether oxygens (including phenoxy) is 1. The molecule has 5 nitrogen and oxygen atoms in total. The van der Waals surface area contributed by atoms with Gasteiger partial charge in [0.05, 0.1) is 24.6 Å². The summed E-state index contributed by atoms with van der Waals surface area (Å²) in [6.45, 7) is 3.10. The zero-order valence-electron chi connectivity index (χ0n) is 18.6. The first-order valence-electron chi connectivity index (χ1n) is 11.3. The molecule has 3 atom stereocenters. The third kappa shape index (κ3) is 3.75. The summed E-state index contributed by atoms with van der Waals surface area (Å²) in [6, 6.07) is 9.55. The predicted octanol–water partition coefficient (Wildman–Crippen LogP) is 5.19. The van der Waals surface area contributed by atoms with Crippen LogP contribution in [0.3, 0.4) is 0 Å². The van der Waals surface area contributed by atoms with Gasteiger partial charge in [-0.25, -0.2) is 4.98 Å². The lowest BCUT2D eigenvalue weighted by molar-refractivity contribution is -0.138. The van der Waals surface area contributed by atoms with Crippen molar-refractivity contribution in [3.05, 3.63) is 65.1 Å². The van der Waals surface area contributed by atoms with Crippen molar-refractivity contribution in [1.82, 2.24) is 14.3 Å². The molecule has 3 heterocycles. The minimum absolute atomic E-state index is 0.0748. The van der Waals surface area contributed by atoms with E-state index in [4.69, 9.17) is 4.74 Å². The highest BCUT2D eigenvalue weighted by Gasteiger charge is 2.45. The summed E-state index contributed by atoms with van der Waals surface area (Å²) in [4.78, 5) is 20.0. The number of carbonyl (C=O) groups excluding carboxylic acids is 1. The van der Waals surface area contributed by atoms with Crippen molar-refractivity contribution in [3.63, 3.8) is 0 Å². The zero-order valence-corrected chi connectivity index (χ0v) is 18.6. The number of nitrogens with zero attached hydrogens (tertiary/aromatic N) is 3. The van der Waals surface area contributed by atoms with E-state index in [0.29, 0.717) is 55.0 Å². The SMILES string of the molecule is CCc1nc2ccc(OC)cn2c1C(=O)N1C[C@H]2CC(c3ccccc3C(F)(F)F)C[C@H]2C1. The highest BCUT2D eigenvalue weighted by Crippen LogP contribution is 2.49. The number of aromatic nitrogens is 2. The number of methoxy groups -OCH3 is 1. The summed E-state index contributed by atoms with van der Waals surface area (Å²) in [7, 11) is 1.58. The summed E-state index contributed by atoms with van der Waals surface area (Å²) in [5.41, 5.74) is 1.83. The molecule has 1 amide bonds. The second kappa shape index (κ2) is 8.08. The highest BCUT2D eigenvalue weighted by atomic mass is 19.4. The van der Waals surface area contributed by atoms with Crippen LogP contribution in [0.5, 0.6) is 5.75 Å². The van der Waals surface area contributed by atoms with Crippen molar-refractivity contribution < 1.29 is 22.7 Å². The monoisotopic (exact) mass is 457 g/mol. The van der Waals surface area contributed by atoms with Gasteiger partial charge in [0.15, 0.2) is 0 Å². The first-order chi connectivity index (χ1) is 15.8. The Labute approximate surface area is 190 Å². The molecular formula is C25H26F3N3O2. The molecule has 0 N–H and O–H groups in total. The minimum atomic E-state index is -4.35. The third-order valence-corrected chi connectivity index (χ3v) is 7.18. The van der Waals surface area contributed by atoms with Crippen LogP contribution in [0.4, 0.5) is 13.2 Å². The zero-order chi connectivity index (χ0) is 23.3. The molecule has 0 radical (unpaired) electrons. The molecule has 0 spiro atoms. The van der Waals surface area contributed by atoms with Crippen LogP contribution >= 0.6 is 0 Å². The molecule has 5 rings (SSSR count). The molecule has 0 bridgehead atoms. The smallest absolute Gasteiger partial charge is 0.416 e. The normalized spacial score (nSPS) is 22.7. The second-order valence-corrected chi connectivity index (χ2v) is 9.04. The van der Waals surface area contributed by atoms with Gasteiger partial charge in [0, 0.05) is 13.1 Å². The molecule has 2 aromatic heterocycles. The van der Waals surface area contributed by atoms with Gasteiger partial charge in [0.25, 0.3) is 5.91 Å². The Morgan fingerprint density at radius 1 is 1.12 bits per heavy atom. The van der Waals surface area contributed by atoms with Gasteiger partial charge >= 0.3 is 6.18 Å². The lowest BCUT2D eigenvalue weighted by Crippen LogP contribution is -2.31. The molecule has 1 saturated carbocycles. The van der Waals surface area contributed by atoms with Crippen molar-refractivity contribution in [1.29, 1.82) is 0 Å². The van der Waals surface area contributed by atoms with Gasteiger partial charge in [-0.1, -0.05) is 25.1 Å². The van der Waals surface area contributed by atoms with E-state index < -0.39 is 11.7 Å². The minimum Gasteiger partial charge on any atom is -0.495 e. The van der Waals surface area contributed by atoms with Crippen LogP contribution in [0.2, 0.25) is 0 Å². The Hall–Kier alpha value is -3.03. The first kappa shape index (κ1) is 21.8. The summed E-state index contributed by atoms with van der Waals surface area (Å²) >= 11 is 0. The molecular weight excluding hydrogens is 431 g/mol. The van der Waals surface area contributed by atoms with Gasteiger partial charge < -0.3 is 9.64 Å². The lowest BCUT2D eigenvalue weighted by Gasteiger charge is -2.22. The summed E-state index contributed by atoms with van der Waals surface area (Å²) in [5, 5.41) is 0. The number of fused-ring (bicyclic) bond motifs is 2. The molecule has 174 valence electrons. The molecule has 3 aromatic rings. The van der Waals surface area contributed by atoms with Gasteiger partial charge in [-0.15, -0.1) is 0 Å². The molecule has 1 unspecified atom stereocenters. The highest BCUT2D eigenvalue weighted by molar-refractivity contribution is 5.95. The van der Waals surface area contributed by atoms with Crippen molar-refractivity contribution >= 4 is 11.6 Å². The molecule has 33 heavy (non-hydrogen) atoms. The molecule has 1 aromatic carbocycles. The maximum absolute atomic E-state index is 13.5. The van der Waals surface area contributed by atoms with Gasteiger partial charge in [-0.2, -0.15) is 13.2 Å². The molecule has 1 saturated heterocycles. The number of alkyl halides is 3. The van der Waals surface area contributed by atoms with Gasteiger partial charge in [-0.05, 0) is 60.8 Å². The number of amides is 1. The van der Waals surface area contributed by atoms with E-state index in [1.165, 1.54) is 12.1 Å². The summed E-state index contributed by atoms with van der Waals surface area (Å²) < 4.78 is 47.6. The van der Waals surface area contributed by atoms with E-state index in [-0.39, 0.29) is 23.7 Å². The lowest BCUT2D eigenvalue weighted by atomic mass is 9.91. The Bertz CT molecular complexity index is 1190. The van der Waals surface area contributed by atoms with Crippen molar-refractivity contribution in [2.24, 2.45) is 11.8 Å². The number of hydrogen-bond acceptors (Lipinski definition) is 3. The number of imidazole rings is 1. The number of likely N-dealkylation sites (tertiary alicyclic amines) is 1. The average Bonchev–Trinajstić information content (AvgIpc) is 3.48. The summed E-state index contributed by atoms with van der Waals surface area (Å²) in [5.74, 6) is 0.856. The van der Waals surface area contributed by atoms with Crippen LogP contribution < -0.4 is 4.74 Å². The molecule has 1 aliphatic carbocycles. The van der Waals surface area contributed by atoms with Crippen LogP contribution in [0.15, 0.2) is 42.6 Å². The Morgan fingerprint density at radius 2 is 1.82 bits per heavy atom. The third-order valence-electron chi connectivity index (χ3n) is 7.18. The van der Waals surface area contributed by atoms with E-state index >= 15 is 0 Å². The molecule has 2 fully saturated rings. The number of benzene rings is 1. The average molecular weight is 457 g/mol. The van der Waals surface area contributed by atoms with Crippen molar-refractivity contribution in [2.45, 2.75) is 38.3 Å². The fourth-order valence-corrected chi connectivity index (χ4v) is 5.65. The quantitative estimate of drug-likeness (QED) is 0.542. The maximum Gasteiger partial charge on any atom is 0.416 e. The second-order valence-electron chi connectivity index (χ2n) is 9.04. The van der Waals surface area contributed by atoms with Crippen LogP contribution in [0.25, 0.3) is 5.65 Å². The summed E-state index contributed by atoms with van der Waals surface area (Å²) in [6.07, 6.45) is -0.610.